The van der Waals surface area contributed by atoms with E-state index in [0.717, 1.165) is 38.5 Å². The first-order valence-electron chi connectivity index (χ1n) is 23.2. The van der Waals surface area contributed by atoms with Crippen molar-refractivity contribution in [2.45, 2.75) is 232 Å². The van der Waals surface area contributed by atoms with Gasteiger partial charge in [0.25, 0.3) is 6.29 Å². The van der Waals surface area contributed by atoms with Gasteiger partial charge in [-0.3, -0.25) is 9.59 Å². The molecule has 0 heterocycles. The minimum atomic E-state index is -1.50. The molecule has 0 saturated heterocycles. The molecule has 0 rings (SSSR count). The number of carboxylic acid groups (broad SMARTS) is 1. The molecule has 0 aliphatic carbocycles. The maximum absolute atomic E-state index is 12.7. The maximum Gasteiger partial charge on any atom is 0.361 e. The van der Waals surface area contributed by atoms with E-state index in [1.807, 2.05) is 21.1 Å². The van der Waals surface area contributed by atoms with Crippen molar-refractivity contribution < 1.29 is 42.9 Å². The summed E-state index contributed by atoms with van der Waals surface area (Å²) >= 11 is 0. The highest BCUT2D eigenvalue weighted by molar-refractivity contribution is 5.71. The summed E-state index contributed by atoms with van der Waals surface area (Å²) in [5, 5.41) is 9.60. The van der Waals surface area contributed by atoms with E-state index < -0.39 is 24.3 Å². The Hall–Kier alpha value is -1.71. The van der Waals surface area contributed by atoms with Gasteiger partial charge in [-0.25, -0.2) is 4.79 Å². The van der Waals surface area contributed by atoms with Crippen LogP contribution < -0.4 is 0 Å². The van der Waals surface area contributed by atoms with Crippen LogP contribution in [0.2, 0.25) is 0 Å². The van der Waals surface area contributed by atoms with Crippen molar-refractivity contribution in [3.63, 3.8) is 0 Å². The van der Waals surface area contributed by atoms with Crippen LogP contribution in [0.4, 0.5) is 0 Å². The van der Waals surface area contributed by atoms with Crippen LogP contribution >= 0.6 is 0 Å². The number of carbonyl (C=O) groups excluding carboxylic acids is 2. The van der Waals surface area contributed by atoms with Gasteiger partial charge in [-0.05, 0) is 12.8 Å². The second-order valence-corrected chi connectivity index (χ2v) is 17.1. The summed E-state index contributed by atoms with van der Waals surface area (Å²) in [6.07, 6.45) is 36.2. The topological polar surface area (TPSA) is 108 Å². The van der Waals surface area contributed by atoms with E-state index in [9.17, 15) is 19.5 Å². The molecular formula is C46H90NO8+. The van der Waals surface area contributed by atoms with Crippen molar-refractivity contribution in [1.82, 2.24) is 0 Å². The van der Waals surface area contributed by atoms with Crippen LogP contribution in [0.25, 0.3) is 0 Å². The molecule has 0 fully saturated rings. The number of nitrogens with zero attached hydrogens (tertiary/aromatic N) is 1. The number of quaternary nitrogens is 1. The number of hydrogen-bond donors (Lipinski definition) is 1. The zero-order chi connectivity index (χ0) is 40.7. The lowest BCUT2D eigenvalue weighted by Gasteiger charge is -2.25. The van der Waals surface area contributed by atoms with Crippen molar-refractivity contribution in [2.75, 3.05) is 47.5 Å². The summed E-state index contributed by atoms with van der Waals surface area (Å²) in [5.74, 6) is -2.00. The van der Waals surface area contributed by atoms with Gasteiger partial charge < -0.3 is 28.5 Å². The average molecular weight is 785 g/mol. The van der Waals surface area contributed by atoms with Gasteiger partial charge in [-0.2, -0.15) is 0 Å². The predicted molar refractivity (Wildman–Crippen MR) is 226 cm³/mol. The minimum Gasteiger partial charge on any atom is -0.477 e. The number of carbonyl (C=O) groups is 3. The maximum atomic E-state index is 12.7. The number of esters is 2. The Kier molecular flexibility index (Phi) is 37.9. The SMILES string of the molecule is CCCCCCCCCCCCCCCCCCCCCCCCCC(=O)OC(COC(=O)CCCCCCCCC)COC(OCC[N+](C)(C)C)C(=O)O. The van der Waals surface area contributed by atoms with E-state index >= 15 is 0 Å². The molecular weight excluding hydrogens is 695 g/mol. The van der Waals surface area contributed by atoms with Crippen LogP contribution in [-0.2, 0) is 33.3 Å². The van der Waals surface area contributed by atoms with Gasteiger partial charge in [0.05, 0.1) is 34.4 Å². The number of hydrogen-bond acceptors (Lipinski definition) is 7. The van der Waals surface area contributed by atoms with Gasteiger partial charge in [0.2, 0.25) is 0 Å². The fourth-order valence-electron chi connectivity index (χ4n) is 6.72. The predicted octanol–water partition coefficient (Wildman–Crippen LogP) is 12.1. The lowest BCUT2D eigenvalue weighted by molar-refractivity contribution is -0.870. The molecule has 0 radical (unpaired) electrons. The minimum absolute atomic E-state index is 0.175. The third kappa shape index (κ3) is 40.3. The molecule has 1 N–H and O–H groups in total. The summed E-state index contributed by atoms with van der Waals surface area (Å²) < 4.78 is 22.6. The second kappa shape index (κ2) is 39.1. The summed E-state index contributed by atoms with van der Waals surface area (Å²) in [5.41, 5.74) is 0. The van der Waals surface area contributed by atoms with E-state index in [-0.39, 0.29) is 32.2 Å². The van der Waals surface area contributed by atoms with Crippen LogP contribution in [0.3, 0.4) is 0 Å². The fourth-order valence-corrected chi connectivity index (χ4v) is 6.72. The Bertz CT molecular complexity index is 876. The molecule has 0 aromatic heterocycles. The van der Waals surface area contributed by atoms with Gasteiger partial charge in [0.1, 0.15) is 13.2 Å². The molecule has 0 saturated carbocycles. The fraction of sp³-hybridized carbons (Fsp3) is 0.935. The third-order valence-electron chi connectivity index (χ3n) is 10.4. The smallest absolute Gasteiger partial charge is 0.361 e. The summed E-state index contributed by atoms with van der Waals surface area (Å²) in [4.78, 5) is 36.9. The molecule has 0 aromatic carbocycles. The molecule has 0 amide bonds. The van der Waals surface area contributed by atoms with E-state index in [0.29, 0.717) is 17.4 Å². The molecule has 0 aliphatic rings. The average Bonchev–Trinajstić information content (AvgIpc) is 3.14. The van der Waals surface area contributed by atoms with Gasteiger partial charge >= 0.3 is 17.9 Å². The molecule has 0 bridgehead atoms. The number of aliphatic carboxylic acids is 1. The van der Waals surface area contributed by atoms with Crippen LogP contribution in [0.15, 0.2) is 0 Å². The molecule has 2 atom stereocenters. The summed E-state index contributed by atoms with van der Waals surface area (Å²) in [7, 11) is 5.96. The number of likely N-dealkylation sites (N-methyl/N-ethyl adjacent to an activating group) is 1. The van der Waals surface area contributed by atoms with Crippen molar-refractivity contribution in [3.8, 4) is 0 Å². The molecule has 9 heteroatoms. The standard InChI is InChI=1S/C46H89NO8/c1-6-8-10-12-14-15-16-17-18-19-20-21-22-23-24-25-26-27-28-29-31-33-35-37-44(49)55-42(40-53-43(48)36-34-32-30-13-11-9-7-2)41-54-46(45(50)51)52-39-38-47(3,4)5/h42,46H,6-41H2,1-5H3/p+1. The Morgan fingerprint density at radius 1 is 0.473 bits per heavy atom. The van der Waals surface area contributed by atoms with E-state index in [1.165, 1.54) is 154 Å². The Labute approximate surface area is 339 Å². The molecule has 0 aromatic rings. The van der Waals surface area contributed by atoms with Crippen LogP contribution in [0.5, 0.6) is 0 Å². The lowest BCUT2D eigenvalue weighted by atomic mass is 10.0. The molecule has 0 aliphatic heterocycles. The number of carboxylic acids is 1. The van der Waals surface area contributed by atoms with E-state index in [4.69, 9.17) is 18.9 Å². The third-order valence-corrected chi connectivity index (χ3v) is 10.4. The van der Waals surface area contributed by atoms with E-state index in [1.54, 1.807) is 0 Å². The van der Waals surface area contributed by atoms with Crippen LogP contribution in [0.1, 0.15) is 219 Å². The van der Waals surface area contributed by atoms with Gasteiger partial charge in [-0.15, -0.1) is 0 Å². The van der Waals surface area contributed by atoms with Crippen molar-refractivity contribution in [2.24, 2.45) is 0 Å². The first-order valence-corrected chi connectivity index (χ1v) is 23.2. The largest absolute Gasteiger partial charge is 0.477 e. The highest BCUT2D eigenvalue weighted by atomic mass is 16.7. The van der Waals surface area contributed by atoms with Crippen molar-refractivity contribution >= 4 is 17.9 Å². The first kappa shape index (κ1) is 53.3. The molecule has 326 valence electrons. The van der Waals surface area contributed by atoms with Crippen molar-refractivity contribution in [3.05, 3.63) is 0 Å². The normalized spacial score (nSPS) is 12.8. The summed E-state index contributed by atoms with van der Waals surface area (Å²) in [6.45, 7) is 4.85. The summed E-state index contributed by atoms with van der Waals surface area (Å²) in [6, 6.07) is 0. The zero-order valence-corrected chi connectivity index (χ0v) is 36.9. The Morgan fingerprint density at radius 2 is 0.818 bits per heavy atom. The Balaban J connectivity index is 4.16. The lowest BCUT2D eigenvalue weighted by Crippen LogP contribution is -2.40. The number of unbranched alkanes of at least 4 members (excludes halogenated alkanes) is 28. The van der Waals surface area contributed by atoms with Gasteiger partial charge in [-0.1, -0.05) is 194 Å². The van der Waals surface area contributed by atoms with Crippen LogP contribution in [0, 0.1) is 0 Å². The monoisotopic (exact) mass is 785 g/mol. The highest BCUT2D eigenvalue weighted by Crippen LogP contribution is 2.16. The zero-order valence-electron chi connectivity index (χ0n) is 36.9. The van der Waals surface area contributed by atoms with Crippen molar-refractivity contribution in [1.29, 1.82) is 0 Å². The first-order chi connectivity index (χ1) is 26.6. The quantitative estimate of drug-likeness (QED) is 0.0282. The highest BCUT2D eigenvalue weighted by Gasteiger charge is 2.25. The van der Waals surface area contributed by atoms with E-state index in [2.05, 4.69) is 13.8 Å². The van der Waals surface area contributed by atoms with Gasteiger partial charge in [0, 0.05) is 12.8 Å². The number of rotatable bonds is 43. The molecule has 0 spiro atoms. The molecule has 9 nitrogen and oxygen atoms in total. The van der Waals surface area contributed by atoms with Gasteiger partial charge in [0.15, 0.2) is 6.10 Å². The Morgan fingerprint density at radius 3 is 1.16 bits per heavy atom. The molecule has 2 unspecified atom stereocenters. The van der Waals surface area contributed by atoms with Crippen LogP contribution in [-0.4, -0.2) is 87.4 Å². The number of ether oxygens (including phenoxy) is 4. The second-order valence-electron chi connectivity index (χ2n) is 17.1. The molecule has 55 heavy (non-hydrogen) atoms.